The number of allylic oxidation sites excluding steroid dienone is 2. The zero-order chi connectivity index (χ0) is 15.7. The molecular formula is C19H28O3. The molecule has 0 aromatic rings. The van der Waals surface area contributed by atoms with Crippen LogP contribution in [0, 0.1) is 28.6 Å². The maximum atomic E-state index is 10.9. The van der Waals surface area contributed by atoms with E-state index in [0.717, 1.165) is 32.1 Å². The van der Waals surface area contributed by atoms with E-state index in [-0.39, 0.29) is 29.0 Å². The van der Waals surface area contributed by atoms with Gasteiger partial charge in [-0.25, -0.2) is 0 Å². The van der Waals surface area contributed by atoms with Crippen LogP contribution in [0.2, 0.25) is 0 Å². The van der Waals surface area contributed by atoms with Gasteiger partial charge >= 0.3 is 0 Å². The second-order valence-corrected chi connectivity index (χ2v) is 8.56. The molecule has 0 saturated heterocycles. The van der Waals surface area contributed by atoms with Crippen LogP contribution in [0.3, 0.4) is 0 Å². The lowest BCUT2D eigenvalue weighted by atomic mass is 9.46. The molecule has 0 bridgehead atoms. The Kier molecular flexibility index (Phi) is 3.09. The molecule has 0 heterocycles. The number of hydrogen-bond donors (Lipinski definition) is 3. The van der Waals surface area contributed by atoms with E-state index in [9.17, 15) is 15.3 Å². The van der Waals surface area contributed by atoms with Crippen LogP contribution in [0.25, 0.3) is 0 Å². The molecule has 2 fully saturated rings. The molecule has 3 N–H and O–H groups in total. The zero-order valence-corrected chi connectivity index (χ0v) is 13.6. The Balaban J connectivity index is 1.73. The molecule has 0 amide bonds. The molecule has 4 rings (SSSR count). The van der Waals surface area contributed by atoms with E-state index in [0.29, 0.717) is 24.0 Å². The largest absolute Gasteiger partial charge is 0.512 e. The summed E-state index contributed by atoms with van der Waals surface area (Å²) in [5, 5.41) is 31.2. The summed E-state index contributed by atoms with van der Waals surface area (Å²) in [5.74, 6) is 1.67. The predicted octanol–water partition coefficient (Wildman–Crippen LogP) is 3.33. The van der Waals surface area contributed by atoms with Gasteiger partial charge in [-0.1, -0.05) is 25.5 Å². The first-order valence-electron chi connectivity index (χ1n) is 8.83. The van der Waals surface area contributed by atoms with Crippen molar-refractivity contribution in [2.75, 3.05) is 0 Å². The van der Waals surface area contributed by atoms with Gasteiger partial charge in [0.2, 0.25) is 0 Å². The second-order valence-electron chi connectivity index (χ2n) is 8.56. The molecule has 4 aliphatic rings. The summed E-state index contributed by atoms with van der Waals surface area (Å²) in [7, 11) is 0. The highest BCUT2D eigenvalue weighted by Gasteiger charge is 2.59. The monoisotopic (exact) mass is 304 g/mol. The van der Waals surface area contributed by atoms with Gasteiger partial charge in [0.25, 0.3) is 0 Å². The lowest BCUT2D eigenvalue weighted by Gasteiger charge is -2.59. The highest BCUT2D eigenvalue weighted by molar-refractivity contribution is 5.29. The topological polar surface area (TPSA) is 60.7 Å². The number of aliphatic hydroxyl groups is 3. The van der Waals surface area contributed by atoms with Crippen molar-refractivity contribution in [3.63, 3.8) is 0 Å². The number of hydrogen-bond acceptors (Lipinski definition) is 3. The van der Waals surface area contributed by atoms with Gasteiger partial charge < -0.3 is 15.3 Å². The van der Waals surface area contributed by atoms with E-state index < -0.39 is 0 Å². The summed E-state index contributed by atoms with van der Waals surface area (Å²) in [4.78, 5) is 0. The van der Waals surface area contributed by atoms with Crippen molar-refractivity contribution in [3.8, 4) is 0 Å². The third kappa shape index (κ3) is 1.75. The molecule has 0 aromatic heterocycles. The minimum Gasteiger partial charge on any atom is -0.512 e. The fourth-order valence-corrected chi connectivity index (χ4v) is 6.23. The van der Waals surface area contributed by atoms with Crippen molar-refractivity contribution in [2.24, 2.45) is 28.6 Å². The van der Waals surface area contributed by atoms with Gasteiger partial charge in [-0.05, 0) is 67.8 Å². The fourth-order valence-electron chi connectivity index (χ4n) is 6.23. The van der Waals surface area contributed by atoms with E-state index in [1.54, 1.807) is 0 Å². The molecule has 2 saturated carbocycles. The first-order valence-corrected chi connectivity index (χ1v) is 8.83. The van der Waals surface area contributed by atoms with Crippen molar-refractivity contribution >= 4 is 0 Å². The van der Waals surface area contributed by atoms with E-state index in [4.69, 9.17) is 0 Å². The van der Waals surface area contributed by atoms with E-state index in [2.05, 4.69) is 13.8 Å². The van der Waals surface area contributed by atoms with Crippen LogP contribution in [0.4, 0.5) is 0 Å². The van der Waals surface area contributed by atoms with Gasteiger partial charge in [0.15, 0.2) is 0 Å². The molecule has 2 unspecified atom stereocenters. The molecule has 4 aliphatic carbocycles. The van der Waals surface area contributed by atoms with Crippen molar-refractivity contribution < 1.29 is 15.3 Å². The summed E-state index contributed by atoms with van der Waals surface area (Å²) in [6.45, 7) is 4.52. The number of rotatable bonds is 0. The van der Waals surface area contributed by atoms with Gasteiger partial charge in [-0.2, -0.15) is 0 Å². The molecule has 3 nitrogen and oxygen atoms in total. The molecular weight excluding hydrogens is 276 g/mol. The Morgan fingerprint density at radius 2 is 1.77 bits per heavy atom. The third-order valence-electron chi connectivity index (χ3n) is 7.65. The molecule has 0 aliphatic heterocycles. The molecule has 0 radical (unpaired) electrons. The Hall–Kier alpha value is -0.800. The third-order valence-corrected chi connectivity index (χ3v) is 7.65. The quantitative estimate of drug-likeness (QED) is 0.602. The highest BCUT2D eigenvalue weighted by atomic mass is 16.3. The Labute approximate surface area is 132 Å². The predicted molar refractivity (Wildman–Crippen MR) is 85.2 cm³/mol. The minimum absolute atomic E-state index is 0.128. The van der Waals surface area contributed by atoms with Gasteiger partial charge in [-0.15, -0.1) is 0 Å². The Morgan fingerprint density at radius 1 is 1.05 bits per heavy atom. The summed E-state index contributed by atoms with van der Waals surface area (Å²) in [5.41, 5.74) is 1.27. The molecule has 3 heteroatoms. The average molecular weight is 304 g/mol. The van der Waals surface area contributed by atoms with Crippen molar-refractivity contribution in [2.45, 2.75) is 64.6 Å². The van der Waals surface area contributed by atoms with Crippen LogP contribution in [0.15, 0.2) is 23.5 Å². The molecule has 122 valence electrons. The van der Waals surface area contributed by atoms with Crippen molar-refractivity contribution in [3.05, 3.63) is 23.5 Å². The second kappa shape index (κ2) is 4.61. The molecule has 0 aromatic carbocycles. The van der Waals surface area contributed by atoms with Crippen LogP contribution in [0.1, 0.15) is 52.4 Å². The standard InChI is InChI=1S/C19H28O3/c1-18-7-5-12(20)9-11(18)10-15(21)17-13-3-4-16(22)19(13,2)8-6-14(17)18/h4,9,12-15,17,20-22H,3,5-8,10H2,1-2H3/t12?,13-,14+,15?,17-,18-,19-/m0/s1. The van der Waals surface area contributed by atoms with Gasteiger partial charge in [0, 0.05) is 5.41 Å². The lowest BCUT2D eigenvalue weighted by molar-refractivity contribution is -0.104. The average Bonchev–Trinajstić information content (AvgIpc) is 2.77. The maximum Gasteiger partial charge on any atom is 0.0944 e. The van der Waals surface area contributed by atoms with Crippen LogP contribution in [0.5, 0.6) is 0 Å². The normalized spacial score (nSPS) is 53.9. The lowest BCUT2D eigenvalue weighted by Crippen LogP contribution is -2.55. The van der Waals surface area contributed by atoms with Crippen molar-refractivity contribution in [1.82, 2.24) is 0 Å². The van der Waals surface area contributed by atoms with Crippen LogP contribution in [-0.4, -0.2) is 27.5 Å². The van der Waals surface area contributed by atoms with Crippen LogP contribution < -0.4 is 0 Å². The van der Waals surface area contributed by atoms with E-state index in [1.165, 1.54) is 5.57 Å². The van der Waals surface area contributed by atoms with Gasteiger partial charge in [0.05, 0.1) is 18.0 Å². The first kappa shape index (κ1) is 14.8. The van der Waals surface area contributed by atoms with E-state index >= 15 is 0 Å². The Morgan fingerprint density at radius 3 is 2.55 bits per heavy atom. The summed E-state index contributed by atoms with van der Waals surface area (Å²) in [6.07, 6.45) is 8.87. The SMILES string of the molecule is C[C@]12CCC(O)C=C1CC(O)[C@@H]1[C@H]2CC[C@]2(C)C(O)=CC[C@@H]12. The number of fused-ring (bicyclic) bond motifs is 5. The zero-order valence-electron chi connectivity index (χ0n) is 13.6. The summed E-state index contributed by atoms with van der Waals surface area (Å²) < 4.78 is 0. The minimum atomic E-state index is -0.335. The number of aliphatic hydroxyl groups excluding tert-OH is 3. The van der Waals surface area contributed by atoms with Gasteiger partial charge in [-0.3, -0.25) is 0 Å². The van der Waals surface area contributed by atoms with E-state index in [1.807, 2.05) is 12.2 Å². The summed E-state index contributed by atoms with van der Waals surface area (Å²) in [6, 6.07) is 0. The molecule has 22 heavy (non-hydrogen) atoms. The van der Waals surface area contributed by atoms with Crippen molar-refractivity contribution in [1.29, 1.82) is 0 Å². The smallest absolute Gasteiger partial charge is 0.0944 e. The summed E-state index contributed by atoms with van der Waals surface area (Å²) >= 11 is 0. The van der Waals surface area contributed by atoms with Crippen LogP contribution in [-0.2, 0) is 0 Å². The highest BCUT2D eigenvalue weighted by Crippen LogP contribution is 2.65. The molecule has 7 atom stereocenters. The fraction of sp³-hybridized carbons (Fsp3) is 0.789. The van der Waals surface area contributed by atoms with Crippen LogP contribution >= 0.6 is 0 Å². The molecule has 0 spiro atoms. The first-order chi connectivity index (χ1) is 10.4. The maximum absolute atomic E-state index is 10.9. The Bertz CT molecular complexity index is 551. The van der Waals surface area contributed by atoms with Gasteiger partial charge in [0.1, 0.15) is 0 Å².